The third kappa shape index (κ3) is 7.39. The van der Waals surface area contributed by atoms with Crippen LogP contribution in [0.3, 0.4) is 0 Å². The van der Waals surface area contributed by atoms with Crippen molar-refractivity contribution in [1.29, 1.82) is 0 Å². The number of amides is 2. The van der Waals surface area contributed by atoms with Crippen molar-refractivity contribution in [3.8, 4) is 12.8 Å². The van der Waals surface area contributed by atoms with Gasteiger partial charge in [0.25, 0.3) is 0 Å². The minimum Gasteiger partial charge on any atom is -0.450 e. The smallest absolute Gasteiger partial charge is 0.247 e. The van der Waals surface area contributed by atoms with Crippen LogP contribution in [-0.2, 0) is 30.0 Å². The number of piperidine rings is 1. The van der Waals surface area contributed by atoms with E-state index in [-0.39, 0.29) is 38.3 Å². The van der Waals surface area contributed by atoms with Crippen molar-refractivity contribution in [2.24, 2.45) is 0 Å². The van der Waals surface area contributed by atoms with Gasteiger partial charge in [0, 0.05) is 26.8 Å². The standard InChI is InChI=1S/C13H17N2O2.2C2H6.C2H2.Re/c1-3-9-7-8-15(10(9)4-2)11-5-6-12(16)14-13(11)17;3*1-2;/h4,7,11H,2-3,5-6,8H2,1H3,(H,14,16,17);2*1-2H3;1-2H;/q-1;;;;. The molecule has 0 aromatic rings. The quantitative estimate of drug-likeness (QED) is 0.363. The van der Waals surface area contributed by atoms with Crippen LogP contribution in [0.2, 0.25) is 0 Å². The first-order chi connectivity index (χ1) is 11.2. The van der Waals surface area contributed by atoms with Gasteiger partial charge >= 0.3 is 0 Å². The van der Waals surface area contributed by atoms with E-state index >= 15 is 0 Å². The van der Waals surface area contributed by atoms with Crippen LogP contribution in [0.25, 0.3) is 0 Å². The first-order valence-electron chi connectivity index (χ1n) is 8.29. The van der Waals surface area contributed by atoms with Crippen molar-refractivity contribution in [2.45, 2.75) is 59.9 Å². The first-order valence-corrected chi connectivity index (χ1v) is 8.29. The van der Waals surface area contributed by atoms with Crippen molar-refractivity contribution in [3.05, 3.63) is 30.3 Å². The second-order valence-electron chi connectivity index (χ2n) is 4.29. The minimum atomic E-state index is -0.235. The summed E-state index contributed by atoms with van der Waals surface area (Å²) in [6, 6.07) is -0.235. The van der Waals surface area contributed by atoms with Crippen molar-refractivity contribution >= 4 is 11.8 Å². The number of allylic oxidation sites excluding steroid dienone is 1. The van der Waals surface area contributed by atoms with Gasteiger partial charge in [0.2, 0.25) is 11.8 Å². The van der Waals surface area contributed by atoms with Gasteiger partial charge in [-0.2, -0.15) is 5.57 Å². The number of terminal acetylenes is 1. The van der Waals surface area contributed by atoms with E-state index in [0.717, 1.165) is 18.7 Å². The number of imide groups is 1. The Hall–Kier alpha value is -1.49. The average Bonchev–Trinajstić information content (AvgIpc) is 3.03. The van der Waals surface area contributed by atoms with Gasteiger partial charge in [-0.05, 0) is 13.0 Å². The molecule has 5 heteroatoms. The van der Waals surface area contributed by atoms with E-state index in [9.17, 15) is 9.59 Å². The molecule has 2 heterocycles. The van der Waals surface area contributed by atoms with Gasteiger partial charge in [-0.15, -0.1) is 31.2 Å². The van der Waals surface area contributed by atoms with Gasteiger partial charge in [0.1, 0.15) is 0 Å². The summed E-state index contributed by atoms with van der Waals surface area (Å²) < 4.78 is 0. The zero-order valence-electron chi connectivity index (χ0n) is 15.6. The number of hydrogen-bond donors (Lipinski definition) is 1. The molecule has 2 amide bonds. The van der Waals surface area contributed by atoms with Gasteiger partial charge in [-0.3, -0.25) is 14.9 Å². The topological polar surface area (TPSA) is 49.4 Å². The number of carbonyl (C=O) groups is 2. The third-order valence-corrected chi connectivity index (χ3v) is 3.33. The monoisotopic (exact) mass is 506 g/mol. The number of nitrogens with one attached hydrogen (secondary N) is 1. The largest absolute Gasteiger partial charge is 0.450 e. The molecule has 1 saturated heterocycles. The Bertz CT molecular complexity index is 442. The van der Waals surface area contributed by atoms with E-state index in [1.165, 1.54) is 5.57 Å². The number of rotatable bonds is 3. The van der Waals surface area contributed by atoms with Gasteiger partial charge in [-0.25, -0.2) is 6.42 Å². The van der Waals surface area contributed by atoms with Crippen molar-refractivity contribution < 1.29 is 30.0 Å². The SMILES string of the molecule is C#C.C=CC1=C(CC)[CH-]CN1C1CCC(=O)NC1=O.CC.CC.[Re]. The maximum Gasteiger partial charge on any atom is 0.247 e. The Morgan fingerprint density at radius 1 is 1.29 bits per heavy atom. The molecular weight excluding hydrogens is 474 g/mol. The predicted octanol–water partition coefficient (Wildman–Crippen LogP) is 3.46. The molecule has 1 fully saturated rings. The van der Waals surface area contributed by atoms with Crippen LogP contribution in [0, 0.1) is 19.3 Å². The molecule has 0 spiro atoms. The van der Waals surface area contributed by atoms with E-state index < -0.39 is 0 Å². The van der Waals surface area contributed by atoms with Crippen molar-refractivity contribution in [1.82, 2.24) is 10.2 Å². The molecule has 1 N–H and O–H groups in total. The van der Waals surface area contributed by atoms with Crippen LogP contribution in [0.4, 0.5) is 0 Å². The molecule has 2 rings (SSSR count). The number of carbonyl (C=O) groups excluding carboxylic acids is 2. The minimum absolute atomic E-state index is 0. The molecule has 4 nitrogen and oxygen atoms in total. The molecule has 2 aliphatic rings. The zero-order valence-corrected chi connectivity index (χ0v) is 18.3. The predicted molar refractivity (Wildman–Crippen MR) is 97.3 cm³/mol. The van der Waals surface area contributed by atoms with Crippen LogP contribution >= 0.6 is 0 Å². The first kappa shape index (κ1) is 27.4. The van der Waals surface area contributed by atoms with Gasteiger partial charge in [0.05, 0.1) is 6.04 Å². The van der Waals surface area contributed by atoms with Crippen LogP contribution < -0.4 is 5.32 Å². The maximum atomic E-state index is 11.8. The van der Waals surface area contributed by atoms with Crippen LogP contribution in [0.15, 0.2) is 23.9 Å². The fourth-order valence-corrected chi connectivity index (χ4v) is 2.44. The summed E-state index contributed by atoms with van der Waals surface area (Å²) in [6.07, 6.45) is 13.9. The molecule has 0 aromatic carbocycles. The van der Waals surface area contributed by atoms with Crippen molar-refractivity contribution in [2.75, 3.05) is 6.54 Å². The Balaban J connectivity index is -0.000000569. The molecule has 1 unspecified atom stereocenters. The summed E-state index contributed by atoms with van der Waals surface area (Å²) in [5, 5.41) is 2.39. The summed E-state index contributed by atoms with van der Waals surface area (Å²) in [7, 11) is 0. The Morgan fingerprint density at radius 2 is 1.83 bits per heavy atom. The molecule has 1 radical (unpaired) electrons. The van der Waals surface area contributed by atoms with E-state index in [4.69, 9.17) is 0 Å². The van der Waals surface area contributed by atoms with Gasteiger partial charge in [0.15, 0.2) is 0 Å². The molecular formula is C19H31N2O2Re-. The van der Waals surface area contributed by atoms with E-state index in [0.29, 0.717) is 12.8 Å². The van der Waals surface area contributed by atoms with Crippen LogP contribution in [-0.4, -0.2) is 29.3 Å². The molecule has 24 heavy (non-hydrogen) atoms. The molecule has 1 atom stereocenters. The Kier molecular flexibility index (Phi) is 18.7. The van der Waals surface area contributed by atoms with Gasteiger partial charge in [-0.1, -0.05) is 41.0 Å². The second kappa shape index (κ2) is 16.4. The molecule has 0 aromatic heterocycles. The number of hydrogen-bond acceptors (Lipinski definition) is 3. The Labute approximate surface area is 161 Å². The second-order valence-corrected chi connectivity index (χ2v) is 4.29. The summed E-state index contributed by atoms with van der Waals surface area (Å²) in [5.74, 6) is -0.361. The maximum absolute atomic E-state index is 11.8. The molecule has 2 aliphatic heterocycles. The van der Waals surface area contributed by atoms with Gasteiger partial charge < -0.3 is 4.90 Å². The molecule has 0 aliphatic carbocycles. The van der Waals surface area contributed by atoms with E-state index in [2.05, 4.69) is 38.1 Å². The normalized spacial score (nSPS) is 18.1. The summed E-state index contributed by atoms with van der Waals surface area (Å²) in [4.78, 5) is 25.0. The average molecular weight is 506 g/mol. The van der Waals surface area contributed by atoms with Crippen LogP contribution in [0.1, 0.15) is 53.9 Å². The molecule has 0 saturated carbocycles. The van der Waals surface area contributed by atoms with Crippen LogP contribution in [0.5, 0.6) is 0 Å². The Morgan fingerprint density at radius 3 is 2.25 bits per heavy atom. The summed E-state index contributed by atoms with van der Waals surface area (Å²) in [5.41, 5.74) is 2.26. The summed E-state index contributed by atoms with van der Waals surface area (Å²) >= 11 is 0. The third-order valence-electron chi connectivity index (χ3n) is 3.33. The van der Waals surface area contributed by atoms with E-state index in [1.807, 2.05) is 32.6 Å². The fraction of sp³-hybridized carbons (Fsp3) is 0.526. The molecule has 137 valence electrons. The van der Waals surface area contributed by atoms with Crippen molar-refractivity contribution in [3.63, 3.8) is 0 Å². The zero-order chi connectivity index (χ0) is 18.4. The fourth-order valence-electron chi connectivity index (χ4n) is 2.44. The summed E-state index contributed by atoms with van der Waals surface area (Å²) in [6.45, 7) is 14.6. The molecule has 0 bridgehead atoms. The van der Waals surface area contributed by atoms with E-state index in [1.54, 1.807) is 6.08 Å². The number of nitrogens with zero attached hydrogens (tertiary/aromatic N) is 1.